The predicted octanol–water partition coefficient (Wildman–Crippen LogP) is 3.28. The van der Waals surface area contributed by atoms with Gasteiger partial charge in [-0.25, -0.2) is 4.99 Å². The molecule has 10 heteroatoms. The van der Waals surface area contributed by atoms with Gasteiger partial charge in [-0.05, 0) is 93.0 Å². The van der Waals surface area contributed by atoms with Crippen LogP contribution in [0.1, 0.15) is 73.7 Å². The minimum absolute atomic E-state index is 0.0833. The first kappa shape index (κ1) is 31.0. The molecule has 0 unspecified atom stereocenters. The largest absolute Gasteiger partial charge is 0.481 e. The Balaban J connectivity index is 1.91. The van der Waals surface area contributed by atoms with Gasteiger partial charge in [0.05, 0.1) is 11.4 Å². The van der Waals surface area contributed by atoms with Gasteiger partial charge in [0, 0.05) is 51.6 Å². The summed E-state index contributed by atoms with van der Waals surface area (Å²) in [5.74, 6) is -2.32. The van der Waals surface area contributed by atoms with E-state index < -0.39 is 11.9 Å². The SMILES string of the molecule is C=CC1=C(C)C(=O)N/C1=C\c1[nH]c(/C=c2\[nH]/c(=C\C3=NC(=O)C(CC)=C3C)c(C)c2CCC(=O)O)c(CCC(=O)O)c1C. The summed E-state index contributed by atoms with van der Waals surface area (Å²) in [6, 6.07) is 0. The highest BCUT2D eigenvalue weighted by Crippen LogP contribution is 2.27. The predicted molar refractivity (Wildman–Crippen MR) is 165 cm³/mol. The summed E-state index contributed by atoms with van der Waals surface area (Å²) in [5, 5.41) is 23.1. The zero-order valence-electron chi connectivity index (χ0n) is 25.0. The van der Waals surface area contributed by atoms with Gasteiger partial charge in [0.25, 0.3) is 11.8 Å². The van der Waals surface area contributed by atoms with E-state index in [0.29, 0.717) is 56.6 Å². The lowest BCUT2D eigenvalue weighted by atomic mass is 10.0. The first-order valence-corrected chi connectivity index (χ1v) is 14.1. The van der Waals surface area contributed by atoms with Crippen LogP contribution in [0.3, 0.4) is 0 Å². The van der Waals surface area contributed by atoms with Gasteiger partial charge in [0.2, 0.25) is 0 Å². The van der Waals surface area contributed by atoms with Crippen LogP contribution in [0.15, 0.2) is 45.6 Å². The second-order valence-corrected chi connectivity index (χ2v) is 10.7. The van der Waals surface area contributed by atoms with Crippen LogP contribution >= 0.6 is 0 Å². The van der Waals surface area contributed by atoms with Crippen molar-refractivity contribution in [2.24, 2.45) is 4.99 Å². The van der Waals surface area contributed by atoms with E-state index in [1.165, 1.54) is 0 Å². The fourth-order valence-electron chi connectivity index (χ4n) is 5.54. The number of carboxylic acid groups (broad SMARTS) is 2. The Kier molecular flexibility index (Phi) is 8.99. The maximum absolute atomic E-state index is 12.3. The second kappa shape index (κ2) is 12.5. The molecule has 2 aliphatic rings. The van der Waals surface area contributed by atoms with Gasteiger partial charge in [0.1, 0.15) is 0 Å². The molecule has 0 fully saturated rings. The smallest absolute Gasteiger partial charge is 0.303 e. The van der Waals surface area contributed by atoms with Gasteiger partial charge in [-0.3, -0.25) is 19.2 Å². The van der Waals surface area contributed by atoms with Gasteiger partial charge in [-0.2, -0.15) is 0 Å². The van der Waals surface area contributed by atoms with Gasteiger partial charge in [0.15, 0.2) is 0 Å². The number of carbonyl (C=O) groups is 4. The number of nitrogens with one attached hydrogen (secondary N) is 3. The maximum Gasteiger partial charge on any atom is 0.303 e. The Bertz CT molecular complexity index is 1820. The van der Waals surface area contributed by atoms with Crippen molar-refractivity contribution in [3.8, 4) is 0 Å². The van der Waals surface area contributed by atoms with Crippen LogP contribution in [0, 0.1) is 13.8 Å². The quantitative estimate of drug-likeness (QED) is 0.272. The molecule has 0 atom stereocenters. The van der Waals surface area contributed by atoms with Gasteiger partial charge < -0.3 is 25.5 Å². The van der Waals surface area contributed by atoms with Crippen molar-refractivity contribution in [3.63, 3.8) is 0 Å². The first-order valence-electron chi connectivity index (χ1n) is 14.1. The number of rotatable bonds is 11. The standard InChI is InChI=1S/C33H36N4O6/c1-7-20-19(6)32(42)37-27(20)14-25-18(5)23(10-12-31(40)41)29(35-25)15-28-22(9-11-30(38)39)17(4)24(34-28)13-26-16(3)21(8-2)33(43)36-26/h7,13-15,34-35H,1,8-12H2,2-6H3,(H,37,42)(H,38,39)(H,40,41)/b24-13-,27-14-,28-15-. The van der Waals surface area contributed by atoms with Crippen molar-refractivity contribution in [1.82, 2.24) is 15.3 Å². The summed E-state index contributed by atoms with van der Waals surface area (Å²) < 4.78 is 0. The molecule has 5 N–H and O–H groups in total. The Hall–Kier alpha value is -4.99. The molecule has 2 aromatic heterocycles. The molecule has 0 bridgehead atoms. The minimum Gasteiger partial charge on any atom is -0.481 e. The third-order valence-corrected chi connectivity index (χ3v) is 8.10. The van der Waals surface area contributed by atoms with Gasteiger partial charge in [-0.1, -0.05) is 19.6 Å². The number of aliphatic imine (C=N–C) groups is 1. The third kappa shape index (κ3) is 6.28. The van der Waals surface area contributed by atoms with Crippen LogP contribution in [0.2, 0.25) is 0 Å². The van der Waals surface area contributed by atoms with Crippen LogP contribution < -0.4 is 16.0 Å². The number of amides is 2. The lowest BCUT2D eigenvalue weighted by Gasteiger charge is -2.02. The number of hydrogen-bond donors (Lipinski definition) is 5. The molecule has 0 radical (unpaired) electrons. The highest BCUT2D eigenvalue weighted by atomic mass is 16.4. The molecular formula is C33H36N4O6. The van der Waals surface area contributed by atoms with E-state index in [1.807, 2.05) is 45.9 Å². The zero-order chi connectivity index (χ0) is 31.6. The van der Waals surface area contributed by atoms with E-state index in [-0.39, 0.29) is 37.5 Å². The van der Waals surface area contributed by atoms with E-state index in [1.54, 1.807) is 13.0 Å². The average Bonchev–Trinajstić information content (AvgIpc) is 3.59. The number of hydrogen-bond acceptors (Lipinski definition) is 4. The molecule has 0 spiro atoms. The molecular weight excluding hydrogens is 548 g/mol. The van der Waals surface area contributed by atoms with Crippen LogP contribution in [0.4, 0.5) is 0 Å². The molecule has 4 heterocycles. The Morgan fingerprint density at radius 3 is 2.07 bits per heavy atom. The van der Waals surface area contributed by atoms with Crippen LogP contribution in [-0.2, 0) is 32.0 Å². The Labute approximate surface area is 249 Å². The van der Waals surface area contributed by atoms with Crippen molar-refractivity contribution in [1.29, 1.82) is 0 Å². The fraction of sp³-hybridized carbons (Fsp3) is 0.303. The highest BCUT2D eigenvalue weighted by Gasteiger charge is 2.23. The summed E-state index contributed by atoms with van der Waals surface area (Å²) in [5.41, 5.74) is 8.50. The van der Waals surface area contributed by atoms with E-state index in [0.717, 1.165) is 27.8 Å². The lowest BCUT2D eigenvalue weighted by molar-refractivity contribution is -0.138. The minimum atomic E-state index is -0.932. The molecule has 2 aliphatic heterocycles. The molecule has 0 saturated heterocycles. The summed E-state index contributed by atoms with van der Waals surface area (Å²) >= 11 is 0. The summed E-state index contributed by atoms with van der Waals surface area (Å²) in [7, 11) is 0. The number of aromatic nitrogens is 2. The van der Waals surface area contributed by atoms with Crippen molar-refractivity contribution >= 4 is 47.7 Å². The van der Waals surface area contributed by atoms with Crippen molar-refractivity contribution < 1.29 is 29.4 Å². The van der Waals surface area contributed by atoms with E-state index in [2.05, 4.69) is 26.9 Å². The van der Waals surface area contributed by atoms with Crippen LogP contribution in [0.25, 0.3) is 18.2 Å². The van der Waals surface area contributed by atoms with Crippen LogP contribution in [0.5, 0.6) is 0 Å². The molecule has 0 aliphatic carbocycles. The van der Waals surface area contributed by atoms with Gasteiger partial charge >= 0.3 is 11.9 Å². The number of H-pyrrole nitrogens is 2. The van der Waals surface area contributed by atoms with E-state index in [4.69, 9.17) is 0 Å². The molecule has 0 saturated carbocycles. The number of carbonyl (C=O) groups excluding carboxylic acids is 2. The summed E-state index contributed by atoms with van der Waals surface area (Å²) in [4.78, 5) is 58.6. The normalized spacial score (nSPS) is 17.0. The maximum atomic E-state index is 12.3. The Morgan fingerprint density at radius 1 is 0.837 bits per heavy atom. The highest BCUT2D eigenvalue weighted by molar-refractivity contribution is 6.30. The number of aromatic amines is 2. The third-order valence-electron chi connectivity index (χ3n) is 8.10. The number of nitrogens with zero attached hydrogens (tertiary/aromatic N) is 1. The van der Waals surface area contributed by atoms with E-state index >= 15 is 0 Å². The summed E-state index contributed by atoms with van der Waals surface area (Å²) in [6.07, 6.45) is 8.02. The Morgan fingerprint density at radius 2 is 1.49 bits per heavy atom. The summed E-state index contributed by atoms with van der Waals surface area (Å²) in [6.45, 7) is 13.1. The monoisotopic (exact) mass is 584 g/mol. The zero-order valence-corrected chi connectivity index (χ0v) is 25.0. The molecule has 2 aromatic rings. The molecule has 10 nitrogen and oxygen atoms in total. The molecule has 2 amide bonds. The number of allylic oxidation sites excluding steroid dienone is 2. The number of carboxylic acids is 2. The average molecular weight is 585 g/mol. The van der Waals surface area contributed by atoms with Crippen LogP contribution in [-0.4, -0.2) is 49.6 Å². The van der Waals surface area contributed by atoms with E-state index in [9.17, 15) is 29.4 Å². The molecule has 43 heavy (non-hydrogen) atoms. The molecule has 224 valence electrons. The topological polar surface area (TPSA) is 165 Å². The van der Waals surface area contributed by atoms with Crippen molar-refractivity contribution in [3.05, 3.63) is 85.0 Å². The molecule has 0 aromatic carbocycles. The van der Waals surface area contributed by atoms with Crippen molar-refractivity contribution in [2.75, 3.05) is 0 Å². The first-order chi connectivity index (χ1) is 20.4. The fourth-order valence-corrected chi connectivity index (χ4v) is 5.54. The van der Waals surface area contributed by atoms with Crippen molar-refractivity contribution in [2.45, 2.75) is 66.7 Å². The molecule has 4 rings (SSSR count). The second-order valence-electron chi connectivity index (χ2n) is 10.7. The lowest BCUT2D eigenvalue weighted by Crippen LogP contribution is -2.15. The van der Waals surface area contributed by atoms with Gasteiger partial charge in [-0.15, -0.1) is 0 Å². The number of aliphatic carboxylic acids is 2.